The molecule has 2 rings (SSSR count). The second kappa shape index (κ2) is 5.70. The number of ether oxygens (including phenoxy) is 2. The fraction of sp³-hybridized carbons (Fsp3) is 0.471. The van der Waals surface area contributed by atoms with Crippen LogP contribution in [-0.4, -0.2) is 19.5 Å². The highest BCUT2D eigenvalue weighted by molar-refractivity contribution is 5.80. The molecule has 0 atom stereocenters. The molecule has 0 unspecified atom stereocenters. The van der Waals surface area contributed by atoms with Gasteiger partial charge in [-0.3, -0.25) is 0 Å². The molecule has 1 aromatic carbocycles. The largest absolute Gasteiger partial charge is 0.497 e. The number of ketones is 1. The third kappa shape index (κ3) is 3.41. The van der Waals surface area contributed by atoms with Crippen molar-refractivity contribution in [2.24, 2.45) is 5.41 Å². The Morgan fingerprint density at radius 1 is 1.40 bits per heavy atom. The first-order valence-corrected chi connectivity index (χ1v) is 6.94. The molecule has 3 nitrogen and oxygen atoms in total. The monoisotopic (exact) mass is 274 g/mol. The smallest absolute Gasteiger partial charge is 0.130 e. The van der Waals surface area contributed by atoms with Crippen LogP contribution >= 0.6 is 0 Å². The molecule has 1 aromatic rings. The van der Waals surface area contributed by atoms with Crippen molar-refractivity contribution in [3.8, 4) is 11.5 Å². The Hall–Kier alpha value is -1.77. The van der Waals surface area contributed by atoms with Gasteiger partial charge in [-0.05, 0) is 31.1 Å². The molecule has 0 radical (unpaired) electrons. The molecule has 0 saturated carbocycles. The van der Waals surface area contributed by atoms with E-state index < -0.39 is 0 Å². The van der Waals surface area contributed by atoms with E-state index in [1.54, 1.807) is 14.0 Å². The summed E-state index contributed by atoms with van der Waals surface area (Å²) in [6.45, 7) is 6.54. The lowest BCUT2D eigenvalue weighted by atomic mass is 9.88. The summed E-state index contributed by atoms with van der Waals surface area (Å²) in [4.78, 5) is 11.3. The number of hydrogen-bond acceptors (Lipinski definition) is 3. The van der Waals surface area contributed by atoms with Crippen molar-refractivity contribution in [3.05, 3.63) is 29.8 Å². The molecular weight excluding hydrogens is 252 g/mol. The van der Waals surface area contributed by atoms with Gasteiger partial charge >= 0.3 is 0 Å². The molecule has 0 N–H and O–H groups in total. The van der Waals surface area contributed by atoms with Gasteiger partial charge in [0.2, 0.25) is 0 Å². The molecule has 1 aliphatic rings. The average molecular weight is 274 g/mol. The lowest BCUT2D eigenvalue weighted by Crippen LogP contribution is -2.17. The van der Waals surface area contributed by atoms with Crippen molar-refractivity contribution in [2.75, 3.05) is 13.7 Å². The SMILES string of the molecule is COc1ccc2c(c1)OCC(C)(C)C=C2CCC(C)=O. The van der Waals surface area contributed by atoms with Crippen molar-refractivity contribution >= 4 is 11.4 Å². The van der Waals surface area contributed by atoms with Gasteiger partial charge in [0.05, 0.1) is 13.7 Å². The van der Waals surface area contributed by atoms with Gasteiger partial charge in [0, 0.05) is 23.5 Å². The Balaban J connectivity index is 2.39. The van der Waals surface area contributed by atoms with Gasteiger partial charge in [-0.15, -0.1) is 0 Å². The van der Waals surface area contributed by atoms with E-state index in [1.807, 2.05) is 18.2 Å². The molecule has 0 amide bonds. The maximum atomic E-state index is 11.3. The van der Waals surface area contributed by atoms with E-state index in [0.29, 0.717) is 13.0 Å². The number of carbonyl (C=O) groups excluding carboxylic acids is 1. The van der Waals surface area contributed by atoms with E-state index in [9.17, 15) is 4.79 Å². The quantitative estimate of drug-likeness (QED) is 0.836. The van der Waals surface area contributed by atoms with Crippen LogP contribution in [-0.2, 0) is 4.79 Å². The Labute approximate surface area is 120 Å². The van der Waals surface area contributed by atoms with Crippen molar-refractivity contribution in [3.63, 3.8) is 0 Å². The number of Topliss-reactive ketones (excluding diaryl/α,β-unsaturated/α-hetero) is 1. The van der Waals surface area contributed by atoms with Gasteiger partial charge in [-0.1, -0.05) is 19.9 Å². The summed E-state index contributed by atoms with van der Waals surface area (Å²) >= 11 is 0. The zero-order chi connectivity index (χ0) is 14.8. The fourth-order valence-corrected chi connectivity index (χ4v) is 2.39. The minimum atomic E-state index is -0.0433. The Kier molecular flexibility index (Phi) is 4.17. The summed E-state index contributed by atoms with van der Waals surface area (Å²) in [7, 11) is 1.65. The minimum absolute atomic E-state index is 0.0433. The summed E-state index contributed by atoms with van der Waals surface area (Å²) < 4.78 is 11.2. The first-order chi connectivity index (χ1) is 9.41. The molecule has 0 spiro atoms. The zero-order valence-corrected chi connectivity index (χ0v) is 12.7. The van der Waals surface area contributed by atoms with E-state index in [0.717, 1.165) is 23.5 Å². The number of methoxy groups -OCH3 is 1. The van der Waals surface area contributed by atoms with Crippen LogP contribution in [0.3, 0.4) is 0 Å². The summed E-state index contributed by atoms with van der Waals surface area (Å²) in [6.07, 6.45) is 3.54. The molecule has 108 valence electrons. The van der Waals surface area contributed by atoms with E-state index in [-0.39, 0.29) is 11.2 Å². The van der Waals surface area contributed by atoms with Crippen LogP contribution in [0.15, 0.2) is 24.3 Å². The minimum Gasteiger partial charge on any atom is -0.497 e. The number of fused-ring (bicyclic) bond motifs is 1. The highest BCUT2D eigenvalue weighted by Crippen LogP contribution is 2.38. The second-order valence-electron chi connectivity index (χ2n) is 6.01. The van der Waals surface area contributed by atoms with Crippen LogP contribution < -0.4 is 9.47 Å². The van der Waals surface area contributed by atoms with Crippen LogP contribution in [0.25, 0.3) is 5.57 Å². The van der Waals surface area contributed by atoms with E-state index in [2.05, 4.69) is 19.9 Å². The summed E-state index contributed by atoms with van der Waals surface area (Å²) in [5.74, 6) is 1.84. The predicted molar refractivity (Wildman–Crippen MR) is 80.2 cm³/mol. The average Bonchev–Trinajstić information content (AvgIpc) is 2.52. The van der Waals surface area contributed by atoms with Crippen molar-refractivity contribution < 1.29 is 14.3 Å². The van der Waals surface area contributed by atoms with Gasteiger partial charge in [0.25, 0.3) is 0 Å². The van der Waals surface area contributed by atoms with E-state index in [4.69, 9.17) is 9.47 Å². The number of allylic oxidation sites excluding steroid dienone is 1. The Morgan fingerprint density at radius 3 is 2.80 bits per heavy atom. The molecule has 20 heavy (non-hydrogen) atoms. The van der Waals surface area contributed by atoms with Crippen LogP contribution in [0.4, 0.5) is 0 Å². The first kappa shape index (κ1) is 14.6. The van der Waals surface area contributed by atoms with Crippen LogP contribution in [0.5, 0.6) is 11.5 Å². The highest BCUT2D eigenvalue weighted by Gasteiger charge is 2.24. The van der Waals surface area contributed by atoms with E-state index >= 15 is 0 Å². The van der Waals surface area contributed by atoms with Gasteiger partial charge in [-0.2, -0.15) is 0 Å². The van der Waals surface area contributed by atoms with Crippen molar-refractivity contribution in [1.29, 1.82) is 0 Å². The van der Waals surface area contributed by atoms with Gasteiger partial charge in [0.15, 0.2) is 0 Å². The maximum absolute atomic E-state index is 11.3. The van der Waals surface area contributed by atoms with Crippen molar-refractivity contribution in [1.82, 2.24) is 0 Å². The number of rotatable bonds is 4. The predicted octanol–water partition coefficient (Wildman–Crippen LogP) is 3.87. The highest BCUT2D eigenvalue weighted by atomic mass is 16.5. The molecule has 1 heterocycles. The lowest BCUT2D eigenvalue weighted by Gasteiger charge is -2.18. The molecule has 1 aliphatic heterocycles. The van der Waals surface area contributed by atoms with Crippen molar-refractivity contribution in [2.45, 2.75) is 33.6 Å². The lowest BCUT2D eigenvalue weighted by molar-refractivity contribution is -0.116. The van der Waals surface area contributed by atoms with Crippen LogP contribution in [0.1, 0.15) is 39.2 Å². The molecule has 0 saturated heterocycles. The first-order valence-electron chi connectivity index (χ1n) is 6.94. The van der Waals surface area contributed by atoms with E-state index in [1.165, 1.54) is 5.57 Å². The zero-order valence-electron chi connectivity index (χ0n) is 12.7. The summed E-state index contributed by atoms with van der Waals surface area (Å²) in [6, 6.07) is 5.86. The number of carbonyl (C=O) groups is 1. The number of hydrogen-bond donors (Lipinski definition) is 0. The Morgan fingerprint density at radius 2 is 2.15 bits per heavy atom. The molecule has 0 fully saturated rings. The summed E-state index contributed by atoms with van der Waals surface area (Å²) in [5, 5.41) is 0. The van der Waals surface area contributed by atoms with Crippen LogP contribution in [0.2, 0.25) is 0 Å². The molecule has 0 aliphatic carbocycles. The second-order valence-corrected chi connectivity index (χ2v) is 6.01. The van der Waals surface area contributed by atoms with Gasteiger partial charge in [0.1, 0.15) is 17.3 Å². The number of benzene rings is 1. The third-order valence-electron chi connectivity index (χ3n) is 3.45. The maximum Gasteiger partial charge on any atom is 0.130 e. The Bertz CT molecular complexity index is 541. The van der Waals surface area contributed by atoms with Gasteiger partial charge < -0.3 is 14.3 Å². The van der Waals surface area contributed by atoms with Crippen LogP contribution in [0, 0.1) is 5.41 Å². The molecule has 3 heteroatoms. The third-order valence-corrected chi connectivity index (χ3v) is 3.45. The molecule has 0 bridgehead atoms. The molecular formula is C17H22O3. The normalized spacial score (nSPS) is 16.5. The topological polar surface area (TPSA) is 35.5 Å². The van der Waals surface area contributed by atoms with Gasteiger partial charge in [-0.25, -0.2) is 0 Å². The fourth-order valence-electron chi connectivity index (χ4n) is 2.39. The molecule has 0 aromatic heterocycles. The summed E-state index contributed by atoms with van der Waals surface area (Å²) in [5.41, 5.74) is 2.20. The standard InChI is InChI=1S/C17H22O3/c1-12(18)5-6-13-10-17(2,3)11-20-16-9-14(19-4)7-8-15(13)16/h7-10H,5-6,11H2,1-4H3.